The molecular formula is C12H12ClN3O2. The molecule has 0 radical (unpaired) electrons. The zero-order valence-corrected chi connectivity index (χ0v) is 10.6. The van der Waals surface area contributed by atoms with Crippen molar-refractivity contribution in [3.63, 3.8) is 0 Å². The zero-order chi connectivity index (χ0) is 13.1. The summed E-state index contributed by atoms with van der Waals surface area (Å²) in [5.41, 5.74) is 1.29. The van der Waals surface area contributed by atoms with Crippen LogP contribution in [0, 0.1) is 10.1 Å². The first-order valence-corrected chi connectivity index (χ1v) is 6.06. The Hall–Kier alpha value is -1.88. The summed E-state index contributed by atoms with van der Waals surface area (Å²) in [6, 6.07) is 4.99. The Morgan fingerprint density at radius 1 is 1.50 bits per heavy atom. The molecule has 0 unspecified atom stereocenters. The number of nitro groups is 1. The molecule has 18 heavy (non-hydrogen) atoms. The first-order valence-electron chi connectivity index (χ1n) is 5.53. The molecule has 1 aromatic carbocycles. The second-order valence-electron chi connectivity index (χ2n) is 3.78. The Kier molecular flexibility index (Phi) is 3.62. The fourth-order valence-electron chi connectivity index (χ4n) is 1.82. The predicted octanol–water partition coefficient (Wildman–Crippen LogP) is 3.08. The number of benzene rings is 1. The van der Waals surface area contributed by atoms with Crippen LogP contribution in [0.25, 0.3) is 5.69 Å². The Bertz CT molecular complexity index is 580. The number of nitrogens with zero attached hydrogens (tertiary/aromatic N) is 3. The van der Waals surface area contributed by atoms with Crippen LogP contribution in [0.4, 0.5) is 5.69 Å². The average Bonchev–Trinajstić information content (AvgIpc) is 2.86. The van der Waals surface area contributed by atoms with E-state index in [4.69, 9.17) is 11.6 Å². The van der Waals surface area contributed by atoms with E-state index in [1.807, 2.05) is 6.92 Å². The molecule has 0 saturated carbocycles. The van der Waals surface area contributed by atoms with E-state index in [9.17, 15) is 10.1 Å². The van der Waals surface area contributed by atoms with Crippen LogP contribution in [0.1, 0.15) is 18.3 Å². The third-order valence-corrected chi connectivity index (χ3v) is 2.99. The molecule has 0 N–H and O–H groups in total. The van der Waals surface area contributed by atoms with Gasteiger partial charge in [0.05, 0.1) is 4.92 Å². The van der Waals surface area contributed by atoms with Crippen molar-refractivity contribution in [2.75, 3.05) is 0 Å². The van der Waals surface area contributed by atoms with Crippen molar-refractivity contribution in [3.8, 4) is 5.69 Å². The van der Waals surface area contributed by atoms with Gasteiger partial charge in [-0.15, -0.1) is 11.6 Å². The van der Waals surface area contributed by atoms with E-state index in [0.717, 1.165) is 11.4 Å². The van der Waals surface area contributed by atoms with Crippen LogP contribution >= 0.6 is 11.6 Å². The molecule has 0 spiro atoms. The summed E-state index contributed by atoms with van der Waals surface area (Å²) < 4.78 is 1.73. The van der Waals surface area contributed by atoms with Gasteiger partial charge in [-0.1, -0.05) is 13.0 Å². The Balaban J connectivity index is 2.60. The smallest absolute Gasteiger partial charge is 0.293 e. The van der Waals surface area contributed by atoms with Gasteiger partial charge in [0.2, 0.25) is 0 Å². The molecule has 6 heteroatoms. The molecule has 0 saturated heterocycles. The maximum atomic E-state index is 11.1. The van der Waals surface area contributed by atoms with Crippen molar-refractivity contribution >= 4 is 17.3 Å². The molecule has 1 aromatic heterocycles. The Morgan fingerprint density at radius 3 is 2.89 bits per heavy atom. The van der Waals surface area contributed by atoms with Crippen molar-refractivity contribution < 1.29 is 4.92 Å². The van der Waals surface area contributed by atoms with E-state index in [1.165, 1.54) is 6.07 Å². The summed E-state index contributed by atoms with van der Waals surface area (Å²) in [5, 5.41) is 11.1. The molecule has 0 aliphatic carbocycles. The number of aromatic nitrogens is 2. The van der Waals surface area contributed by atoms with E-state index in [1.54, 1.807) is 29.1 Å². The highest BCUT2D eigenvalue weighted by Gasteiger charge is 2.17. The quantitative estimate of drug-likeness (QED) is 0.485. The molecule has 94 valence electrons. The van der Waals surface area contributed by atoms with Crippen LogP contribution in [-0.2, 0) is 12.3 Å². The van der Waals surface area contributed by atoms with E-state index in [0.29, 0.717) is 12.1 Å². The summed E-state index contributed by atoms with van der Waals surface area (Å²) in [6.07, 6.45) is 4.07. The van der Waals surface area contributed by atoms with Crippen LogP contribution in [0.2, 0.25) is 0 Å². The Labute approximate surface area is 109 Å². The van der Waals surface area contributed by atoms with Gasteiger partial charge in [-0.3, -0.25) is 14.7 Å². The van der Waals surface area contributed by atoms with Gasteiger partial charge >= 0.3 is 0 Å². The zero-order valence-electron chi connectivity index (χ0n) is 9.84. The number of aryl methyl sites for hydroxylation is 1. The standard InChI is InChI=1S/C12H12ClN3O2/c1-2-12-14-5-6-15(12)10-4-3-9(8-13)7-11(10)16(17)18/h3-7H,2,8H2,1H3. The Morgan fingerprint density at radius 2 is 2.28 bits per heavy atom. The predicted molar refractivity (Wildman–Crippen MR) is 69.2 cm³/mol. The third kappa shape index (κ3) is 2.22. The van der Waals surface area contributed by atoms with Gasteiger partial charge in [-0.05, 0) is 11.6 Å². The molecule has 2 aromatic rings. The van der Waals surface area contributed by atoms with Crippen LogP contribution < -0.4 is 0 Å². The van der Waals surface area contributed by atoms with Gasteiger partial charge < -0.3 is 0 Å². The van der Waals surface area contributed by atoms with Crippen molar-refractivity contribution in [2.24, 2.45) is 0 Å². The molecular weight excluding hydrogens is 254 g/mol. The minimum absolute atomic E-state index is 0.0425. The van der Waals surface area contributed by atoms with Crippen molar-refractivity contribution in [1.82, 2.24) is 9.55 Å². The van der Waals surface area contributed by atoms with Crippen LogP contribution in [0.3, 0.4) is 0 Å². The fourth-order valence-corrected chi connectivity index (χ4v) is 1.98. The molecule has 0 fully saturated rings. The minimum atomic E-state index is -0.398. The molecule has 1 heterocycles. The van der Waals surface area contributed by atoms with E-state index >= 15 is 0 Å². The number of alkyl halides is 1. The van der Waals surface area contributed by atoms with Crippen LogP contribution in [-0.4, -0.2) is 14.5 Å². The molecule has 5 nitrogen and oxygen atoms in total. The maximum absolute atomic E-state index is 11.1. The lowest BCUT2D eigenvalue weighted by molar-refractivity contribution is -0.384. The lowest BCUT2D eigenvalue weighted by Gasteiger charge is -2.08. The lowest BCUT2D eigenvalue weighted by Crippen LogP contribution is -2.03. The second-order valence-corrected chi connectivity index (χ2v) is 4.05. The van der Waals surface area contributed by atoms with Gasteiger partial charge in [0.1, 0.15) is 11.5 Å². The van der Waals surface area contributed by atoms with Crippen molar-refractivity contribution in [2.45, 2.75) is 19.2 Å². The number of nitro benzene ring substituents is 1. The van der Waals surface area contributed by atoms with Gasteiger partial charge in [0.25, 0.3) is 5.69 Å². The SMILES string of the molecule is CCc1nccn1-c1ccc(CCl)cc1[N+](=O)[O-]. The summed E-state index contributed by atoms with van der Waals surface area (Å²) >= 11 is 5.70. The first-order chi connectivity index (χ1) is 8.67. The number of hydrogen-bond donors (Lipinski definition) is 0. The highest BCUT2D eigenvalue weighted by molar-refractivity contribution is 6.17. The highest BCUT2D eigenvalue weighted by atomic mass is 35.5. The number of rotatable bonds is 4. The lowest BCUT2D eigenvalue weighted by atomic mass is 10.2. The minimum Gasteiger partial charge on any atom is -0.298 e. The molecule has 0 atom stereocenters. The molecule has 0 aliphatic heterocycles. The third-order valence-electron chi connectivity index (χ3n) is 2.68. The summed E-state index contributed by atoms with van der Waals surface area (Å²) in [7, 11) is 0. The van der Waals surface area contributed by atoms with Gasteiger partial charge in [-0.2, -0.15) is 0 Å². The van der Waals surface area contributed by atoms with E-state index in [2.05, 4.69) is 4.98 Å². The fraction of sp³-hybridized carbons (Fsp3) is 0.250. The monoisotopic (exact) mass is 265 g/mol. The van der Waals surface area contributed by atoms with Gasteiger partial charge in [0.15, 0.2) is 0 Å². The second kappa shape index (κ2) is 5.18. The van der Waals surface area contributed by atoms with E-state index in [-0.39, 0.29) is 11.6 Å². The maximum Gasteiger partial charge on any atom is 0.293 e. The van der Waals surface area contributed by atoms with Crippen LogP contribution in [0.15, 0.2) is 30.6 Å². The van der Waals surface area contributed by atoms with Crippen LogP contribution in [0.5, 0.6) is 0 Å². The van der Waals surface area contributed by atoms with Gasteiger partial charge in [0, 0.05) is 30.8 Å². The molecule has 2 rings (SSSR count). The van der Waals surface area contributed by atoms with Crippen molar-refractivity contribution in [1.29, 1.82) is 0 Å². The molecule has 0 bridgehead atoms. The summed E-state index contributed by atoms with van der Waals surface area (Å²) in [6.45, 7) is 1.96. The normalized spacial score (nSPS) is 10.6. The largest absolute Gasteiger partial charge is 0.298 e. The topological polar surface area (TPSA) is 61.0 Å². The number of hydrogen-bond acceptors (Lipinski definition) is 3. The first kappa shape index (κ1) is 12.6. The highest BCUT2D eigenvalue weighted by Crippen LogP contribution is 2.26. The van der Waals surface area contributed by atoms with Crippen molar-refractivity contribution in [3.05, 3.63) is 52.1 Å². The average molecular weight is 266 g/mol. The number of halogens is 1. The molecule has 0 aliphatic rings. The molecule has 0 amide bonds. The summed E-state index contributed by atoms with van der Waals surface area (Å²) in [4.78, 5) is 14.9. The van der Waals surface area contributed by atoms with Gasteiger partial charge in [-0.25, -0.2) is 4.98 Å². The van der Waals surface area contributed by atoms with E-state index < -0.39 is 4.92 Å². The number of imidazole rings is 1. The summed E-state index contributed by atoms with van der Waals surface area (Å²) in [5.74, 6) is 1.04.